The third-order valence-electron chi connectivity index (χ3n) is 5.91. The molecule has 0 spiro atoms. The zero-order chi connectivity index (χ0) is 26.2. The standard InChI is InChI=1S/C28H32N4O4S/c1-3-35-23-18-20(19-24(27(23)34)36-4-2)7-12-26(33)32-15-13-31(14-16-32)22-10-8-21(9-11-22)30-28(29)25-6-5-17-37-25/h5-12,17-19,34H,3-4,13-16H2,1-2H3,(H2,29,30)/b12-7+. The van der Waals surface area contributed by atoms with Gasteiger partial charge in [-0.1, -0.05) is 6.07 Å². The molecule has 194 valence electrons. The average Bonchev–Trinajstić information content (AvgIpc) is 3.46. The van der Waals surface area contributed by atoms with E-state index in [0.717, 1.165) is 34.9 Å². The van der Waals surface area contributed by atoms with E-state index in [2.05, 4.69) is 9.89 Å². The number of phenols is 1. The molecule has 0 aliphatic carbocycles. The van der Waals surface area contributed by atoms with Crippen molar-refractivity contribution in [1.29, 1.82) is 0 Å². The van der Waals surface area contributed by atoms with Crippen LogP contribution in [0.4, 0.5) is 11.4 Å². The fraction of sp³-hybridized carbons (Fsp3) is 0.286. The average molecular weight is 521 g/mol. The van der Waals surface area contributed by atoms with Crippen LogP contribution < -0.4 is 20.1 Å². The van der Waals surface area contributed by atoms with Crippen LogP contribution >= 0.6 is 11.3 Å². The molecule has 0 radical (unpaired) electrons. The van der Waals surface area contributed by atoms with E-state index in [1.165, 1.54) is 0 Å². The highest BCUT2D eigenvalue weighted by atomic mass is 32.1. The van der Waals surface area contributed by atoms with E-state index in [1.54, 1.807) is 35.6 Å². The zero-order valence-corrected chi connectivity index (χ0v) is 21.9. The highest BCUT2D eigenvalue weighted by Crippen LogP contribution is 2.38. The number of rotatable bonds is 9. The number of benzene rings is 2. The second-order valence-electron chi connectivity index (χ2n) is 8.37. The number of nitrogens with two attached hydrogens (primary N) is 1. The molecule has 1 aliphatic heterocycles. The minimum Gasteiger partial charge on any atom is -0.502 e. The number of amides is 1. The van der Waals surface area contributed by atoms with Crippen molar-refractivity contribution in [3.63, 3.8) is 0 Å². The molecule has 0 atom stereocenters. The summed E-state index contributed by atoms with van der Waals surface area (Å²) in [5.41, 5.74) is 8.71. The van der Waals surface area contributed by atoms with E-state index < -0.39 is 0 Å². The summed E-state index contributed by atoms with van der Waals surface area (Å²) in [5.74, 6) is 1.09. The van der Waals surface area contributed by atoms with E-state index in [4.69, 9.17) is 15.2 Å². The Kier molecular flexibility index (Phi) is 8.68. The Morgan fingerprint density at radius 3 is 2.27 bits per heavy atom. The number of anilines is 1. The van der Waals surface area contributed by atoms with Gasteiger partial charge in [-0.3, -0.25) is 4.79 Å². The highest BCUT2D eigenvalue weighted by Gasteiger charge is 2.20. The van der Waals surface area contributed by atoms with Crippen LogP contribution in [0.3, 0.4) is 0 Å². The summed E-state index contributed by atoms with van der Waals surface area (Å²) in [4.78, 5) is 22.4. The summed E-state index contributed by atoms with van der Waals surface area (Å²) in [6.45, 7) is 7.23. The molecule has 9 heteroatoms. The van der Waals surface area contributed by atoms with Crippen molar-refractivity contribution in [1.82, 2.24) is 4.90 Å². The molecule has 1 fully saturated rings. The van der Waals surface area contributed by atoms with Crippen LogP contribution in [0.2, 0.25) is 0 Å². The molecule has 0 saturated carbocycles. The summed E-state index contributed by atoms with van der Waals surface area (Å²) in [5, 5.41) is 12.3. The lowest BCUT2D eigenvalue weighted by atomic mass is 10.1. The van der Waals surface area contributed by atoms with Crippen LogP contribution in [0, 0.1) is 0 Å². The number of hydrogen-bond donors (Lipinski definition) is 2. The fourth-order valence-electron chi connectivity index (χ4n) is 4.04. The first kappa shape index (κ1) is 26.1. The quantitative estimate of drug-likeness (QED) is 0.242. The predicted octanol–water partition coefficient (Wildman–Crippen LogP) is 4.65. The van der Waals surface area contributed by atoms with Gasteiger partial charge in [0.25, 0.3) is 0 Å². The second kappa shape index (κ2) is 12.3. The summed E-state index contributed by atoms with van der Waals surface area (Å²) in [6.07, 6.45) is 3.28. The van der Waals surface area contributed by atoms with Crippen molar-refractivity contribution < 1.29 is 19.4 Å². The van der Waals surface area contributed by atoms with Gasteiger partial charge in [-0.2, -0.15) is 0 Å². The van der Waals surface area contributed by atoms with Gasteiger partial charge in [-0.15, -0.1) is 11.3 Å². The largest absolute Gasteiger partial charge is 0.502 e. The molecule has 2 heterocycles. The molecule has 8 nitrogen and oxygen atoms in total. The molecule has 1 aromatic heterocycles. The van der Waals surface area contributed by atoms with E-state index in [0.29, 0.717) is 43.6 Å². The number of thiophene rings is 1. The third-order valence-corrected chi connectivity index (χ3v) is 6.80. The minimum absolute atomic E-state index is 0.0332. The lowest BCUT2D eigenvalue weighted by Gasteiger charge is -2.35. The molecule has 1 saturated heterocycles. The number of aliphatic imine (C=N–C) groups is 1. The lowest BCUT2D eigenvalue weighted by molar-refractivity contribution is -0.126. The first-order chi connectivity index (χ1) is 18.0. The van der Waals surface area contributed by atoms with Crippen LogP contribution in [-0.2, 0) is 4.79 Å². The van der Waals surface area contributed by atoms with E-state index >= 15 is 0 Å². The number of ether oxygens (including phenoxy) is 2. The van der Waals surface area contributed by atoms with Crippen molar-refractivity contribution >= 4 is 40.5 Å². The van der Waals surface area contributed by atoms with E-state index in [1.807, 2.05) is 60.5 Å². The number of carbonyl (C=O) groups is 1. The van der Waals surface area contributed by atoms with Crippen molar-refractivity contribution in [3.8, 4) is 17.2 Å². The Morgan fingerprint density at radius 1 is 1.05 bits per heavy atom. The number of hydrogen-bond acceptors (Lipinski definition) is 7. The molecule has 37 heavy (non-hydrogen) atoms. The van der Waals surface area contributed by atoms with Crippen LogP contribution in [0.25, 0.3) is 6.08 Å². The molecule has 2 aromatic carbocycles. The van der Waals surface area contributed by atoms with Crippen molar-refractivity contribution in [2.75, 3.05) is 44.3 Å². The van der Waals surface area contributed by atoms with Crippen molar-refractivity contribution in [2.45, 2.75) is 13.8 Å². The van der Waals surface area contributed by atoms with Crippen LogP contribution in [0.15, 0.2) is 65.0 Å². The van der Waals surface area contributed by atoms with Crippen molar-refractivity contribution in [2.24, 2.45) is 10.7 Å². The molecule has 3 aromatic rings. The van der Waals surface area contributed by atoms with Gasteiger partial charge in [-0.25, -0.2) is 4.99 Å². The maximum absolute atomic E-state index is 12.8. The molecule has 4 rings (SSSR count). The van der Waals surface area contributed by atoms with E-state index in [-0.39, 0.29) is 11.7 Å². The summed E-state index contributed by atoms with van der Waals surface area (Å²) < 4.78 is 11.0. The first-order valence-corrected chi connectivity index (χ1v) is 13.2. The van der Waals surface area contributed by atoms with Crippen LogP contribution in [-0.4, -0.2) is 61.1 Å². The molecule has 1 aliphatic rings. The predicted molar refractivity (Wildman–Crippen MR) is 149 cm³/mol. The van der Waals surface area contributed by atoms with E-state index in [9.17, 15) is 9.90 Å². The normalized spacial score (nSPS) is 14.3. The SMILES string of the molecule is CCOc1cc(/C=C/C(=O)N2CCN(c3ccc(N=C(N)c4cccs4)cc3)CC2)cc(OCC)c1O. The number of nitrogens with zero attached hydrogens (tertiary/aromatic N) is 3. The Balaban J connectivity index is 1.34. The number of phenolic OH excluding ortho intramolecular Hbond substituents is 1. The first-order valence-electron chi connectivity index (χ1n) is 12.3. The van der Waals surface area contributed by atoms with Gasteiger partial charge in [0.05, 0.1) is 23.8 Å². The molecular formula is C28H32N4O4S. The third kappa shape index (κ3) is 6.62. The smallest absolute Gasteiger partial charge is 0.246 e. The van der Waals surface area contributed by atoms with Gasteiger partial charge in [0.2, 0.25) is 11.7 Å². The zero-order valence-electron chi connectivity index (χ0n) is 21.1. The summed E-state index contributed by atoms with van der Waals surface area (Å²) >= 11 is 1.56. The Bertz CT molecular complexity index is 1220. The highest BCUT2D eigenvalue weighted by molar-refractivity contribution is 7.12. The monoisotopic (exact) mass is 520 g/mol. The van der Waals surface area contributed by atoms with Gasteiger partial charge in [-0.05, 0) is 73.3 Å². The summed E-state index contributed by atoms with van der Waals surface area (Å²) in [7, 11) is 0. The second-order valence-corrected chi connectivity index (χ2v) is 9.32. The lowest BCUT2D eigenvalue weighted by Crippen LogP contribution is -2.48. The Morgan fingerprint density at radius 2 is 1.70 bits per heavy atom. The van der Waals surface area contributed by atoms with Gasteiger partial charge in [0.15, 0.2) is 11.5 Å². The minimum atomic E-state index is -0.0580. The van der Waals surface area contributed by atoms with Gasteiger partial charge in [0, 0.05) is 37.9 Å². The van der Waals surface area contributed by atoms with Gasteiger partial charge >= 0.3 is 0 Å². The van der Waals surface area contributed by atoms with Crippen LogP contribution in [0.1, 0.15) is 24.3 Å². The Labute approximate surface area is 221 Å². The van der Waals surface area contributed by atoms with Gasteiger partial charge in [0.1, 0.15) is 5.84 Å². The fourth-order valence-corrected chi connectivity index (χ4v) is 4.67. The molecule has 0 bridgehead atoms. The molecule has 1 amide bonds. The maximum Gasteiger partial charge on any atom is 0.246 e. The molecule has 3 N–H and O–H groups in total. The number of aromatic hydroxyl groups is 1. The number of piperazine rings is 1. The number of carbonyl (C=O) groups excluding carboxylic acids is 1. The van der Waals surface area contributed by atoms with Crippen LogP contribution in [0.5, 0.6) is 17.2 Å². The molecular weight excluding hydrogens is 488 g/mol. The van der Waals surface area contributed by atoms with Crippen molar-refractivity contribution in [3.05, 3.63) is 70.4 Å². The Hall–Kier alpha value is -3.98. The maximum atomic E-state index is 12.8. The van der Waals surface area contributed by atoms with Gasteiger partial charge < -0.3 is 30.1 Å². The molecule has 0 unspecified atom stereocenters. The topological polar surface area (TPSA) is 101 Å². The summed E-state index contributed by atoms with van der Waals surface area (Å²) in [6, 6.07) is 15.3. The number of amidine groups is 1.